The second kappa shape index (κ2) is 6.41. The molecule has 0 saturated heterocycles. The van der Waals surface area contributed by atoms with E-state index in [0.29, 0.717) is 12.1 Å². The van der Waals surface area contributed by atoms with E-state index < -0.39 is 35.0 Å². The van der Waals surface area contributed by atoms with E-state index >= 15 is 0 Å². The molecule has 2 rings (SSSR count). The van der Waals surface area contributed by atoms with Gasteiger partial charge in [0.05, 0.1) is 17.3 Å². The number of carbonyl (C=O) groups is 1. The lowest BCUT2D eigenvalue weighted by molar-refractivity contribution is -0.143. The van der Waals surface area contributed by atoms with E-state index in [1.807, 2.05) is 0 Å². The summed E-state index contributed by atoms with van der Waals surface area (Å²) in [5, 5.41) is 6.19. The average Bonchev–Trinajstić information content (AvgIpc) is 2.93. The summed E-state index contributed by atoms with van der Waals surface area (Å²) in [6.45, 7) is 3.49. The number of amides is 1. The monoisotopic (exact) mass is 365 g/mol. The van der Waals surface area contributed by atoms with Crippen molar-refractivity contribution in [2.45, 2.75) is 32.2 Å². The molecule has 1 N–H and O–H groups in total. The third-order valence-electron chi connectivity index (χ3n) is 3.25. The molecule has 1 aromatic carbocycles. The summed E-state index contributed by atoms with van der Waals surface area (Å²) in [7, 11) is 0. The molecule has 1 aromatic heterocycles. The predicted octanol–water partition coefficient (Wildman–Crippen LogP) is 4.75. The van der Waals surface area contributed by atoms with Crippen molar-refractivity contribution < 1.29 is 31.1 Å². The SMILES string of the molecule is CC(C)n1nccc1NC(=O)c1cc(C(F)(F)F)cc(C(F)(F)F)c1. The zero-order valence-electron chi connectivity index (χ0n) is 13.0. The number of nitrogens with zero attached hydrogens (tertiary/aromatic N) is 2. The van der Waals surface area contributed by atoms with Gasteiger partial charge in [-0.3, -0.25) is 4.79 Å². The fourth-order valence-corrected chi connectivity index (χ4v) is 2.10. The third kappa shape index (κ3) is 4.31. The number of benzene rings is 1. The molecule has 0 spiro atoms. The van der Waals surface area contributed by atoms with Gasteiger partial charge in [-0.2, -0.15) is 31.4 Å². The Bertz CT molecular complexity index is 744. The molecule has 0 saturated carbocycles. The summed E-state index contributed by atoms with van der Waals surface area (Å²) in [4.78, 5) is 12.2. The van der Waals surface area contributed by atoms with Crippen molar-refractivity contribution in [1.82, 2.24) is 9.78 Å². The van der Waals surface area contributed by atoms with Crippen LogP contribution >= 0.6 is 0 Å². The Morgan fingerprint density at radius 1 is 1.04 bits per heavy atom. The molecule has 1 heterocycles. The topological polar surface area (TPSA) is 46.9 Å². The molecule has 0 unspecified atom stereocenters. The van der Waals surface area contributed by atoms with E-state index in [1.54, 1.807) is 13.8 Å². The van der Waals surface area contributed by atoms with Crippen LogP contribution in [0, 0.1) is 0 Å². The van der Waals surface area contributed by atoms with E-state index in [0.717, 1.165) is 0 Å². The molecule has 0 aliphatic rings. The number of carbonyl (C=O) groups excluding carboxylic acids is 1. The Labute approximate surface area is 138 Å². The summed E-state index contributed by atoms with van der Waals surface area (Å²) < 4.78 is 78.4. The minimum atomic E-state index is -5.02. The molecule has 2 aromatic rings. The van der Waals surface area contributed by atoms with Crippen molar-refractivity contribution in [3.05, 3.63) is 47.2 Å². The summed E-state index contributed by atoms with van der Waals surface area (Å²) in [5.74, 6) is -0.940. The Hall–Kier alpha value is -2.52. The van der Waals surface area contributed by atoms with Gasteiger partial charge in [-0.25, -0.2) is 4.68 Å². The molecular formula is C15H13F6N3O. The number of aromatic nitrogens is 2. The maximum absolute atomic E-state index is 12.8. The average molecular weight is 365 g/mol. The maximum atomic E-state index is 12.8. The van der Waals surface area contributed by atoms with E-state index in [-0.39, 0.29) is 17.9 Å². The van der Waals surface area contributed by atoms with Crippen molar-refractivity contribution in [3.63, 3.8) is 0 Å². The molecule has 0 bridgehead atoms. The van der Waals surface area contributed by atoms with Crippen LogP contribution in [0.25, 0.3) is 0 Å². The first-order valence-electron chi connectivity index (χ1n) is 7.04. The van der Waals surface area contributed by atoms with Crippen molar-refractivity contribution in [2.24, 2.45) is 0 Å². The van der Waals surface area contributed by atoms with Crippen LogP contribution in [0.2, 0.25) is 0 Å². The largest absolute Gasteiger partial charge is 0.416 e. The Morgan fingerprint density at radius 2 is 1.56 bits per heavy atom. The van der Waals surface area contributed by atoms with Crippen LogP contribution < -0.4 is 5.32 Å². The first kappa shape index (κ1) is 18.8. The molecule has 136 valence electrons. The number of alkyl halides is 6. The van der Waals surface area contributed by atoms with E-state index in [4.69, 9.17) is 0 Å². The Kier molecular flexibility index (Phi) is 4.83. The van der Waals surface area contributed by atoms with Gasteiger partial charge < -0.3 is 5.32 Å². The molecule has 1 amide bonds. The minimum Gasteiger partial charge on any atom is -0.307 e. The molecule has 0 fully saturated rings. The van der Waals surface area contributed by atoms with Gasteiger partial charge in [-0.15, -0.1) is 0 Å². The van der Waals surface area contributed by atoms with Gasteiger partial charge in [0.2, 0.25) is 0 Å². The lowest BCUT2D eigenvalue weighted by Gasteiger charge is -2.15. The van der Waals surface area contributed by atoms with Crippen LogP contribution in [0.15, 0.2) is 30.5 Å². The van der Waals surface area contributed by atoms with Crippen LogP contribution in [0.5, 0.6) is 0 Å². The fraction of sp³-hybridized carbons (Fsp3) is 0.333. The fourth-order valence-electron chi connectivity index (χ4n) is 2.10. The van der Waals surface area contributed by atoms with Gasteiger partial charge in [-0.1, -0.05) is 0 Å². The van der Waals surface area contributed by atoms with Crippen molar-refractivity contribution in [3.8, 4) is 0 Å². The van der Waals surface area contributed by atoms with Gasteiger partial charge in [0, 0.05) is 17.7 Å². The molecular weight excluding hydrogens is 352 g/mol. The second-order valence-corrected chi connectivity index (χ2v) is 5.50. The number of rotatable bonds is 3. The van der Waals surface area contributed by atoms with Gasteiger partial charge >= 0.3 is 12.4 Å². The standard InChI is InChI=1S/C15H13F6N3O/c1-8(2)24-12(3-4-22-24)23-13(25)9-5-10(14(16,17)18)7-11(6-9)15(19,20)21/h3-8H,1-2H3,(H,23,25). The summed E-state index contributed by atoms with van der Waals surface area (Å²) >= 11 is 0. The Morgan fingerprint density at radius 3 is 2.00 bits per heavy atom. The minimum absolute atomic E-state index is 0.0326. The van der Waals surface area contributed by atoms with Gasteiger partial charge in [0.15, 0.2) is 0 Å². The molecule has 0 atom stereocenters. The summed E-state index contributed by atoms with van der Waals surface area (Å²) in [5.41, 5.74) is -3.85. The molecule has 25 heavy (non-hydrogen) atoms. The molecule has 0 radical (unpaired) electrons. The first-order chi connectivity index (χ1) is 11.4. The lowest BCUT2D eigenvalue weighted by Crippen LogP contribution is -2.19. The smallest absolute Gasteiger partial charge is 0.307 e. The quantitative estimate of drug-likeness (QED) is 0.798. The van der Waals surface area contributed by atoms with Crippen LogP contribution in [-0.2, 0) is 12.4 Å². The first-order valence-corrected chi connectivity index (χ1v) is 7.04. The van der Waals surface area contributed by atoms with Crippen LogP contribution in [0.1, 0.15) is 41.4 Å². The van der Waals surface area contributed by atoms with Crippen molar-refractivity contribution in [1.29, 1.82) is 0 Å². The maximum Gasteiger partial charge on any atom is 0.416 e. The molecule has 4 nitrogen and oxygen atoms in total. The van der Waals surface area contributed by atoms with Gasteiger partial charge in [-0.05, 0) is 32.0 Å². The Balaban J connectivity index is 2.43. The summed E-state index contributed by atoms with van der Waals surface area (Å²) in [6, 6.07) is 1.93. The molecule has 0 aliphatic heterocycles. The molecule has 0 aliphatic carbocycles. The number of anilines is 1. The third-order valence-corrected chi connectivity index (χ3v) is 3.25. The highest BCUT2D eigenvalue weighted by molar-refractivity contribution is 6.04. The second-order valence-electron chi connectivity index (χ2n) is 5.50. The normalized spacial score (nSPS) is 12.5. The zero-order chi connectivity index (χ0) is 19.0. The van der Waals surface area contributed by atoms with Crippen LogP contribution in [0.4, 0.5) is 32.2 Å². The number of hydrogen-bond acceptors (Lipinski definition) is 2. The number of hydrogen-bond donors (Lipinski definition) is 1. The highest BCUT2D eigenvalue weighted by Crippen LogP contribution is 2.36. The highest BCUT2D eigenvalue weighted by atomic mass is 19.4. The predicted molar refractivity (Wildman–Crippen MR) is 77.0 cm³/mol. The van der Waals surface area contributed by atoms with Crippen LogP contribution in [0.3, 0.4) is 0 Å². The van der Waals surface area contributed by atoms with E-state index in [9.17, 15) is 31.1 Å². The van der Waals surface area contributed by atoms with Crippen molar-refractivity contribution in [2.75, 3.05) is 5.32 Å². The number of halogens is 6. The van der Waals surface area contributed by atoms with E-state index in [1.165, 1.54) is 16.9 Å². The van der Waals surface area contributed by atoms with Crippen LogP contribution in [-0.4, -0.2) is 15.7 Å². The lowest BCUT2D eigenvalue weighted by atomic mass is 10.0. The highest BCUT2D eigenvalue weighted by Gasteiger charge is 2.37. The molecule has 10 heteroatoms. The zero-order valence-corrected chi connectivity index (χ0v) is 13.0. The van der Waals surface area contributed by atoms with Gasteiger partial charge in [0.25, 0.3) is 5.91 Å². The van der Waals surface area contributed by atoms with Gasteiger partial charge in [0.1, 0.15) is 5.82 Å². The van der Waals surface area contributed by atoms with Crippen molar-refractivity contribution >= 4 is 11.7 Å². The summed E-state index contributed by atoms with van der Waals surface area (Å²) in [6.07, 6.45) is -8.69. The van der Waals surface area contributed by atoms with E-state index in [2.05, 4.69) is 10.4 Å². The number of nitrogens with one attached hydrogen (secondary N) is 1.